The van der Waals surface area contributed by atoms with E-state index >= 15 is 0 Å². The monoisotopic (exact) mass is 441 g/mol. The van der Waals surface area contributed by atoms with Crippen LogP contribution in [0.1, 0.15) is 12.2 Å². The Morgan fingerprint density at radius 2 is 2.03 bits per heavy atom. The summed E-state index contributed by atoms with van der Waals surface area (Å²) in [4.78, 5) is 29.9. The van der Waals surface area contributed by atoms with E-state index in [4.69, 9.17) is 4.42 Å². The molecule has 1 atom stereocenters. The van der Waals surface area contributed by atoms with Crippen molar-refractivity contribution >= 4 is 22.7 Å². The third kappa shape index (κ3) is 4.49. The molecule has 9 nitrogen and oxygen atoms in total. The van der Waals surface area contributed by atoms with Gasteiger partial charge in [0.15, 0.2) is 11.4 Å². The summed E-state index contributed by atoms with van der Waals surface area (Å²) in [6, 6.07) is 4.27. The number of nitrogens with one attached hydrogen (secondary N) is 1. The number of likely N-dealkylation sites (N-methyl/N-ethyl adjacent to an activating group) is 1. The van der Waals surface area contributed by atoms with E-state index in [1.807, 2.05) is 19.0 Å². The number of imidazole rings is 1. The van der Waals surface area contributed by atoms with E-state index in [0.29, 0.717) is 18.6 Å². The molecule has 0 aliphatic heterocycles. The molecule has 3 aromatic rings. The van der Waals surface area contributed by atoms with E-state index in [0.717, 1.165) is 10.8 Å². The van der Waals surface area contributed by atoms with Crippen LogP contribution < -0.4 is 11.1 Å². The summed E-state index contributed by atoms with van der Waals surface area (Å²) in [5.74, 6) is -2.35. The van der Waals surface area contributed by atoms with Crippen molar-refractivity contribution < 1.29 is 27.5 Å². The van der Waals surface area contributed by atoms with Crippen LogP contribution in [-0.4, -0.2) is 56.8 Å². The van der Waals surface area contributed by atoms with Crippen LogP contribution in [0, 0.1) is 0 Å². The van der Waals surface area contributed by atoms with Crippen LogP contribution in [0.25, 0.3) is 11.1 Å². The number of aryl methyl sites for hydroxylation is 1. The number of oxazole rings is 1. The minimum atomic E-state index is -5.13. The molecule has 0 fully saturated rings. The summed E-state index contributed by atoms with van der Waals surface area (Å²) < 4.78 is 48.4. The predicted octanol–water partition coefficient (Wildman–Crippen LogP) is 1.67. The molecule has 0 radical (unpaired) electrons. The van der Waals surface area contributed by atoms with Crippen molar-refractivity contribution in [2.24, 2.45) is 7.05 Å². The standard InChI is InChI=1S/C19H22F3N5O4/c1-25(2)8-9-27-13-10-12(4-5-14(13)31-17(27)29)24-15(28)11-18(30,19(20,21)22)16-23-6-7-26(16)3/h4-7,10,30H,8-9,11H2,1-3H3,(H,24,28)/t18-/m1/s1. The van der Waals surface area contributed by atoms with Gasteiger partial charge in [-0.1, -0.05) is 0 Å². The summed E-state index contributed by atoms with van der Waals surface area (Å²) in [6.07, 6.45) is -4.09. The lowest BCUT2D eigenvalue weighted by Gasteiger charge is -2.29. The molecule has 2 aromatic heterocycles. The topological polar surface area (TPSA) is 106 Å². The van der Waals surface area contributed by atoms with Crippen molar-refractivity contribution in [1.29, 1.82) is 0 Å². The van der Waals surface area contributed by atoms with Crippen molar-refractivity contribution in [3.05, 3.63) is 47.0 Å². The first-order valence-electron chi connectivity index (χ1n) is 9.27. The van der Waals surface area contributed by atoms with E-state index in [1.165, 1.54) is 36.0 Å². The first kappa shape index (κ1) is 22.6. The molecular weight excluding hydrogens is 419 g/mol. The predicted molar refractivity (Wildman–Crippen MR) is 105 cm³/mol. The van der Waals surface area contributed by atoms with Gasteiger partial charge < -0.3 is 24.3 Å². The fourth-order valence-electron chi connectivity index (χ4n) is 3.16. The molecule has 0 unspecified atom stereocenters. The van der Waals surface area contributed by atoms with Crippen LogP contribution in [0.15, 0.2) is 39.8 Å². The summed E-state index contributed by atoms with van der Waals surface area (Å²) in [6.45, 7) is 0.872. The number of amides is 1. The van der Waals surface area contributed by atoms with E-state index < -0.39 is 35.7 Å². The van der Waals surface area contributed by atoms with Gasteiger partial charge in [-0.05, 0) is 32.3 Å². The number of alkyl halides is 3. The Labute approximate surface area is 174 Å². The SMILES string of the molecule is CN(C)CCn1c(=O)oc2ccc(NC(=O)C[C@@](O)(c3nccn3C)C(F)(F)F)cc21. The number of halogens is 3. The van der Waals surface area contributed by atoms with E-state index in [-0.39, 0.29) is 11.3 Å². The molecule has 12 heteroatoms. The van der Waals surface area contributed by atoms with Crippen molar-refractivity contribution in [1.82, 2.24) is 19.0 Å². The van der Waals surface area contributed by atoms with Gasteiger partial charge in [-0.15, -0.1) is 0 Å². The number of hydrogen-bond donors (Lipinski definition) is 2. The molecule has 3 rings (SSSR count). The molecular formula is C19H22F3N5O4. The molecule has 0 saturated heterocycles. The number of anilines is 1. The molecule has 0 spiro atoms. The highest BCUT2D eigenvalue weighted by Crippen LogP contribution is 2.41. The van der Waals surface area contributed by atoms with E-state index in [2.05, 4.69) is 10.3 Å². The Morgan fingerprint density at radius 3 is 2.61 bits per heavy atom. The van der Waals surface area contributed by atoms with Gasteiger partial charge >= 0.3 is 11.9 Å². The Kier molecular flexibility index (Phi) is 5.96. The molecule has 1 amide bonds. The minimum Gasteiger partial charge on any atom is -0.408 e. The molecule has 1 aromatic carbocycles. The van der Waals surface area contributed by atoms with Gasteiger partial charge in [-0.25, -0.2) is 9.78 Å². The van der Waals surface area contributed by atoms with Gasteiger partial charge in [0.1, 0.15) is 0 Å². The van der Waals surface area contributed by atoms with Crippen molar-refractivity contribution in [3.8, 4) is 0 Å². The zero-order chi connectivity index (χ0) is 23.0. The zero-order valence-corrected chi connectivity index (χ0v) is 17.1. The lowest BCUT2D eigenvalue weighted by molar-refractivity contribution is -0.270. The first-order chi connectivity index (χ1) is 14.4. The third-order valence-corrected chi connectivity index (χ3v) is 4.80. The van der Waals surface area contributed by atoms with Crippen LogP contribution in [-0.2, 0) is 24.0 Å². The largest absolute Gasteiger partial charge is 0.425 e. The molecule has 0 saturated carbocycles. The lowest BCUT2D eigenvalue weighted by Crippen LogP contribution is -2.46. The average molecular weight is 441 g/mol. The van der Waals surface area contributed by atoms with Crippen LogP contribution in [0.3, 0.4) is 0 Å². The minimum absolute atomic E-state index is 0.154. The highest BCUT2D eigenvalue weighted by Gasteiger charge is 2.58. The van der Waals surface area contributed by atoms with E-state index in [1.54, 1.807) is 0 Å². The van der Waals surface area contributed by atoms with Crippen molar-refractivity contribution in [3.63, 3.8) is 0 Å². The van der Waals surface area contributed by atoms with Gasteiger partial charge in [0, 0.05) is 38.2 Å². The molecule has 0 bridgehead atoms. The Bertz CT molecular complexity index is 1150. The van der Waals surface area contributed by atoms with Gasteiger partial charge in [0.05, 0.1) is 11.9 Å². The Morgan fingerprint density at radius 1 is 1.32 bits per heavy atom. The summed E-state index contributed by atoms with van der Waals surface area (Å²) in [5, 5.41) is 12.7. The molecule has 0 aliphatic carbocycles. The summed E-state index contributed by atoms with van der Waals surface area (Å²) in [5.41, 5.74) is -2.65. The number of carbonyl (C=O) groups excluding carboxylic acids is 1. The fraction of sp³-hybridized carbons (Fsp3) is 0.421. The smallest absolute Gasteiger partial charge is 0.408 e. The maximum atomic E-state index is 13.6. The number of rotatable bonds is 7. The van der Waals surface area contributed by atoms with Crippen LogP contribution in [0.2, 0.25) is 0 Å². The second-order valence-corrected chi connectivity index (χ2v) is 7.45. The van der Waals surface area contributed by atoms with Gasteiger partial charge in [0.2, 0.25) is 11.5 Å². The molecule has 31 heavy (non-hydrogen) atoms. The third-order valence-electron chi connectivity index (χ3n) is 4.80. The molecule has 0 aliphatic rings. The van der Waals surface area contributed by atoms with Crippen molar-refractivity contribution in [2.45, 2.75) is 24.7 Å². The molecule has 2 heterocycles. The van der Waals surface area contributed by atoms with Gasteiger partial charge in [-0.3, -0.25) is 9.36 Å². The normalized spacial score (nSPS) is 14.2. The number of carbonyl (C=O) groups is 1. The number of fused-ring (bicyclic) bond motifs is 1. The van der Waals surface area contributed by atoms with Crippen LogP contribution in [0.4, 0.5) is 18.9 Å². The second-order valence-electron chi connectivity index (χ2n) is 7.45. The second kappa shape index (κ2) is 8.19. The quantitative estimate of drug-likeness (QED) is 0.578. The highest BCUT2D eigenvalue weighted by molar-refractivity contribution is 5.93. The first-order valence-corrected chi connectivity index (χ1v) is 9.27. The number of aromatic nitrogens is 3. The number of nitrogens with zero attached hydrogens (tertiary/aromatic N) is 4. The number of benzene rings is 1. The van der Waals surface area contributed by atoms with Gasteiger partial charge in [0.25, 0.3) is 0 Å². The molecule has 168 valence electrons. The summed E-state index contributed by atoms with van der Waals surface area (Å²) in [7, 11) is 4.96. The van der Waals surface area contributed by atoms with Gasteiger partial charge in [-0.2, -0.15) is 13.2 Å². The Balaban J connectivity index is 1.86. The zero-order valence-electron chi connectivity index (χ0n) is 17.1. The summed E-state index contributed by atoms with van der Waals surface area (Å²) >= 11 is 0. The molecule has 2 N–H and O–H groups in total. The van der Waals surface area contributed by atoms with E-state index in [9.17, 15) is 27.9 Å². The van der Waals surface area contributed by atoms with Crippen LogP contribution in [0.5, 0.6) is 0 Å². The number of aliphatic hydroxyl groups is 1. The maximum absolute atomic E-state index is 13.6. The highest BCUT2D eigenvalue weighted by atomic mass is 19.4. The number of hydrogen-bond acceptors (Lipinski definition) is 6. The average Bonchev–Trinajstić information content (AvgIpc) is 3.21. The van der Waals surface area contributed by atoms with Crippen LogP contribution >= 0.6 is 0 Å². The Hall–Kier alpha value is -3.12. The fourth-order valence-corrected chi connectivity index (χ4v) is 3.16. The maximum Gasteiger partial charge on any atom is 0.425 e. The van der Waals surface area contributed by atoms with Crippen molar-refractivity contribution in [2.75, 3.05) is 26.0 Å². The lowest BCUT2D eigenvalue weighted by atomic mass is 9.97.